The van der Waals surface area contributed by atoms with E-state index in [0.29, 0.717) is 16.3 Å². The Bertz CT molecular complexity index is 643. The molecule has 0 bridgehead atoms. The summed E-state index contributed by atoms with van der Waals surface area (Å²) in [6.45, 7) is 1.97. The lowest BCUT2D eigenvalue weighted by atomic mass is 10.1. The van der Waals surface area contributed by atoms with Gasteiger partial charge in [0, 0.05) is 20.2 Å². The first kappa shape index (κ1) is 14.6. The maximum absolute atomic E-state index is 12.1. The van der Waals surface area contributed by atoms with Gasteiger partial charge in [-0.05, 0) is 58.7 Å². The summed E-state index contributed by atoms with van der Waals surface area (Å²) in [6, 6.07) is 10.7. The van der Waals surface area contributed by atoms with Crippen LogP contribution in [0.4, 0.5) is 5.69 Å². The number of halogens is 3. The molecule has 19 heavy (non-hydrogen) atoms. The zero-order valence-corrected chi connectivity index (χ0v) is 13.9. The monoisotopic (exact) mass is 401 g/mol. The molecular weight excluding hydrogens is 393 g/mol. The van der Waals surface area contributed by atoms with Crippen LogP contribution in [-0.4, -0.2) is 5.91 Å². The van der Waals surface area contributed by atoms with Crippen molar-refractivity contribution in [3.8, 4) is 0 Å². The second kappa shape index (κ2) is 6.07. The van der Waals surface area contributed by atoms with Crippen LogP contribution in [0.25, 0.3) is 0 Å². The third-order valence-electron chi connectivity index (χ3n) is 2.61. The van der Waals surface area contributed by atoms with E-state index in [-0.39, 0.29) is 5.91 Å². The molecule has 0 fully saturated rings. The van der Waals surface area contributed by atoms with E-state index in [1.807, 2.05) is 13.0 Å². The van der Waals surface area contributed by atoms with Gasteiger partial charge in [0.2, 0.25) is 0 Å². The first-order chi connectivity index (χ1) is 8.97. The van der Waals surface area contributed by atoms with E-state index in [2.05, 4.69) is 37.2 Å². The van der Waals surface area contributed by atoms with Gasteiger partial charge in [-0.3, -0.25) is 4.79 Å². The second-order valence-electron chi connectivity index (χ2n) is 4.05. The molecule has 0 atom stereocenters. The molecule has 1 amide bonds. The van der Waals surface area contributed by atoms with Gasteiger partial charge in [0.05, 0.1) is 5.02 Å². The van der Waals surface area contributed by atoms with Gasteiger partial charge in [-0.25, -0.2) is 0 Å². The van der Waals surface area contributed by atoms with Crippen LogP contribution in [0.1, 0.15) is 15.9 Å². The van der Waals surface area contributed by atoms with Crippen LogP contribution in [0.3, 0.4) is 0 Å². The first-order valence-corrected chi connectivity index (χ1v) is 7.46. The molecule has 0 unspecified atom stereocenters. The highest BCUT2D eigenvalue weighted by Crippen LogP contribution is 2.26. The van der Waals surface area contributed by atoms with Crippen LogP contribution in [-0.2, 0) is 0 Å². The van der Waals surface area contributed by atoms with Gasteiger partial charge in [-0.1, -0.05) is 33.6 Å². The van der Waals surface area contributed by atoms with Crippen molar-refractivity contribution in [2.24, 2.45) is 0 Å². The lowest BCUT2D eigenvalue weighted by Crippen LogP contribution is -2.11. The lowest BCUT2D eigenvalue weighted by Gasteiger charge is -2.07. The summed E-state index contributed by atoms with van der Waals surface area (Å²) < 4.78 is 1.66. The number of benzene rings is 2. The van der Waals surface area contributed by atoms with Crippen LogP contribution >= 0.6 is 43.5 Å². The zero-order chi connectivity index (χ0) is 14.0. The van der Waals surface area contributed by atoms with Gasteiger partial charge in [-0.2, -0.15) is 0 Å². The fraction of sp³-hybridized carbons (Fsp3) is 0.0714. The number of carbonyl (C=O) groups is 1. The molecule has 5 heteroatoms. The first-order valence-electron chi connectivity index (χ1n) is 5.50. The van der Waals surface area contributed by atoms with E-state index < -0.39 is 0 Å². The smallest absolute Gasteiger partial charge is 0.255 e. The van der Waals surface area contributed by atoms with Crippen molar-refractivity contribution < 1.29 is 4.79 Å². The van der Waals surface area contributed by atoms with Crippen molar-refractivity contribution in [3.63, 3.8) is 0 Å². The van der Waals surface area contributed by atoms with Crippen LogP contribution in [0.5, 0.6) is 0 Å². The summed E-state index contributed by atoms with van der Waals surface area (Å²) in [5, 5.41) is 3.43. The number of nitrogens with one attached hydrogen (secondary N) is 1. The summed E-state index contributed by atoms with van der Waals surface area (Å²) >= 11 is 12.6. The van der Waals surface area contributed by atoms with E-state index in [9.17, 15) is 4.79 Å². The highest BCUT2D eigenvalue weighted by molar-refractivity contribution is 9.10. The molecule has 0 aliphatic carbocycles. The molecular formula is C14H10Br2ClNO. The predicted molar refractivity (Wildman–Crippen MR) is 86.0 cm³/mol. The van der Waals surface area contributed by atoms with Crippen molar-refractivity contribution in [2.75, 3.05) is 5.32 Å². The minimum atomic E-state index is -0.157. The summed E-state index contributed by atoms with van der Waals surface area (Å²) in [5.74, 6) is -0.157. The van der Waals surface area contributed by atoms with E-state index >= 15 is 0 Å². The Morgan fingerprint density at radius 3 is 2.47 bits per heavy atom. The molecule has 0 aromatic heterocycles. The van der Waals surface area contributed by atoms with E-state index in [0.717, 1.165) is 14.5 Å². The van der Waals surface area contributed by atoms with E-state index in [4.69, 9.17) is 11.6 Å². The van der Waals surface area contributed by atoms with Crippen molar-refractivity contribution in [1.29, 1.82) is 0 Å². The number of amides is 1. The number of rotatable bonds is 2. The van der Waals surface area contributed by atoms with Gasteiger partial charge in [0.15, 0.2) is 0 Å². The SMILES string of the molecule is Cc1ccc(C(=O)Nc2ccc(Cl)c(Br)c2)cc1Br. The quantitative estimate of drug-likeness (QED) is 0.712. The standard InChI is InChI=1S/C14H10Br2ClNO/c1-8-2-3-9(6-11(8)15)14(19)18-10-4-5-13(17)12(16)7-10/h2-7H,1H3,(H,18,19). The van der Waals surface area contributed by atoms with Crippen LogP contribution < -0.4 is 5.32 Å². The molecule has 0 saturated heterocycles. The van der Waals surface area contributed by atoms with Crippen molar-refractivity contribution in [3.05, 3.63) is 61.5 Å². The van der Waals surface area contributed by atoms with Gasteiger partial charge in [0.25, 0.3) is 5.91 Å². The second-order valence-corrected chi connectivity index (χ2v) is 6.16. The van der Waals surface area contributed by atoms with Crippen molar-refractivity contribution in [1.82, 2.24) is 0 Å². The molecule has 2 rings (SSSR count). The molecule has 0 heterocycles. The molecule has 2 aromatic carbocycles. The largest absolute Gasteiger partial charge is 0.322 e. The van der Waals surface area contributed by atoms with Crippen LogP contribution in [0.2, 0.25) is 5.02 Å². The fourth-order valence-corrected chi connectivity index (χ4v) is 2.39. The van der Waals surface area contributed by atoms with Gasteiger partial charge in [0.1, 0.15) is 0 Å². The maximum atomic E-state index is 12.1. The van der Waals surface area contributed by atoms with Gasteiger partial charge in [-0.15, -0.1) is 0 Å². The van der Waals surface area contributed by atoms with Gasteiger partial charge < -0.3 is 5.32 Å². The molecule has 1 N–H and O–H groups in total. The van der Waals surface area contributed by atoms with Crippen molar-refractivity contribution in [2.45, 2.75) is 6.92 Å². The molecule has 2 aromatic rings. The minimum Gasteiger partial charge on any atom is -0.322 e. The Morgan fingerprint density at radius 1 is 1.11 bits per heavy atom. The Labute approximate surface area is 133 Å². The Morgan fingerprint density at radius 2 is 1.84 bits per heavy atom. The summed E-state index contributed by atoms with van der Waals surface area (Å²) in [5.41, 5.74) is 2.38. The Hall–Kier alpha value is -0.840. The number of anilines is 1. The highest BCUT2D eigenvalue weighted by atomic mass is 79.9. The maximum Gasteiger partial charge on any atom is 0.255 e. The average molecular weight is 404 g/mol. The number of aryl methyl sites for hydroxylation is 1. The minimum absolute atomic E-state index is 0.157. The number of hydrogen-bond acceptors (Lipinski definition) is 1. The summed E-state index contributed by atoms with van der Waals surface area (Å²) in [6.07, 6.45) is 0. The average Bonchev–Trinajstić information content (AvgIpc) is 2.37. The summed E-state index contributed by atoms with van der Waals surface area (Å²) in [4.78, 5) is 12.1. The molecule has 0 aliphatic rings. The highest BCUT2D eigenvalue weighted by Gasteiger charge is 2.08. The van der Waals surface area contributed by atoms with Crippen molar-refractivity contribution >= 4 is 55.1 Å². The lowest BCUT2D eigenvalue weighted by molar-refractivity contribution is 0.102. The number of hydrogen-bond donors (Lipinski definition) is 1. The topological polar surface area (TPSA) is 29.1 Å². The van der Waals surface area contributed by atoms with Crippen LogP contribution in [0, 0.1) is 6.92 Å². The zero-order valence-electron chi connectivity index (χ0n) is 10.0. The Balaban J connectivity index is 2.20. The van der Waals surface area contributed by atoms with E-state index in [1.165, 1.54) is 0 Å². The van der Waals surface area contributed by atoms with Crippen LogP contribution in [0.15, 0.2) is 45.3 Å². The molecule has 0 radical (unpaired) electrons. The number of carbonyl (C=O) groups excluding carboxylic acids is 1. The molecule has 0 aliphatic heterocycles. The predicted octanol–water partition coefficient (Wildman–Crippen LogP) is 5.43. The third-order valence-corrected chi connectivity index (χ3v) is 4.68. The molecule has 0 saturated carbocycles. The molecule has 0 spiro atoms. The molecule has 2 nitrogen and oxygen atoms in total. The fourth-order valence-electron chi connectivity index (χ4n) is 1.51. The summed E-state index contributed by atoms with van der Waals surface area (Å²) in [7, 11) is 0. The van der Waals surface area contributed by atoms with Gasteiger partial charge >= 0.3 is 0 Å². The normalized spacial score (nSPS) is 10.3. The Kier molecular flexibility index (Phi) is 4.66. The van der Waals surface area contributed by atoms with E-state index in [1.54, 1.807) is 30.3 Å². The third kappa shape index (κ3) is 3.59. The molecule has 98 valence electrons.